The summed E-state index contributed by atoms with van der Waals surface area (Å²) in [5.74, 6) is -4.33. The van der Waals surface area contributed by atoms with Crippen LogP contribution < -0.4 is 0 Å². The van der Waals surface area contributed by atoms with Crippen molar-refractivity contribution in [3.8, 4) is 0 Å². The maximum Gasteiger partial charge on any atom is 0.338 e. The van der Waals surface area contributed by atoms with E-state index in [1.807, 2.05) is 6.07 Å². The van der Waals surface area contributed by atoms with Crippen LogP contribution >= 0.6 is 34.8 Å². The summed E-state index contributed by atoms with van der Waals surface area (Å²) in [5, 5.41) is 8.51. The molecule has 67 heavy (non-hydrogen) atoms. The van der Waals surface area contributed by atoms with Gasteiger partial charge in [0.05, 0.1) is 35.0 Å². The monoisotopic (exact) mass is 973 g/mol. The van der Waals surface area contributed by atoms with Gasteiger partial charge in [0.1, 0.15) is 18.3 Å². The first-order valence-electron chi connectivity index (χ1n) is 21.0. The summed E-state index contributed by atoms with van der Waals surface area (Å²) in [6.45, 7) is 1.38. The van der Waals surface area contributed by atoms with E-state index in [1.165, 1.54) is 48.5 Å². The summed E-state index contributed by atoms with van der Waals surface area (Å²) in [5.41, 5.74) is 1.12. The number of alkyl halides is 3. The first-order chi connectivity index (χ1) is 32.3. The molecule has 348 valence electrons. The molecular weight excluding hydrogens is 933 g/mol. The maximum absolute atomic E-state index is 14.2. The van der Waals surface area contributed by atoms with Crippen LogP contribution in [0.25, 0.3) is 0 Å². The van der Waals surface area contributed by atoms with Crippen molar-refractivity contribution in [2.24, 2.45) is 0 Å². The highest BCUT2D eigenvalue weighted by molar-refractivity contribution is 6.76. The molecule has 18 heteroatoms. The molecule has 15 nitrogen and oxygen atoms in total. The molecule has 0 aliphatic carbocycles. The van der Waals surface area contributed by atoms with E-state index >= 15 is 0 Å². The third-order valence-electron chi connectivity index (χ3n) is 10.9. The number of benzene rings is 5. The van der Waals surface area contributed by atoms with Gasteiger partial charge in [0, 0.05) is 5.56 Å². The van der Waals surface area contributed by atoms with Gasteiger partial charge in [0.2, 0.25) is 12.2 Å². The van der Waals surface area contributed by atoms with Crippen molar-refractivity contribution in [1.29, 1.82) is 5.41 Å². The van der Waals surface area contributed by atoms with Crippen LogP contribution in [0.3, 0.4) is 0 Å². The molecule has 0 radical (unpaired) electrons. The number of rotatable bonds is 12. The Hall–Kier alpha value is -5.88. The zero-order valence-corrected chi connectivity index (χ0v) is 37.6. The number of hydrogen-bond acceptors (Lipinski definition) is 15. The number of hydrogen-bond donors (Lipinski definition) is 1. The maximum atomic E-state index is 14.2. The highest BCUT2D eigenvalue weighted by atomic mass is 35.6. The topological polar surface area (TPSA) is 184 Å². The number of fused-ring (bicyclic) bond motifs is 1. The number of carbonyl (C=O) groups excluding carboxylic acids is 4. The van der Waals surface area contributed by atoms with Gasteiger partial charge in [0.25, 0.3) is 3.79 Å². The van der Waals surface area contributed by atoms with Crippen molar-refractivity contribution >= 4 is 64.6 Å². The highest BCUT2D eigenvalue weighted by Gasteiger charge is 2.59. The zero-order valence-electron chi connectivity index (χ0n) is 35.3. The van der Waals surface area contributed by atoms with Gasteiger partial charge in [0.15, 0.2) is 37.0 Å². The highest BCUT2D eigenvalue weighted by Crippen LogP contribution is 2.41. The second-order valence-corrected chi connectivity index (χ2v) is 17.7. The van der Waals surface area contributed by atoms with E-state index in [-0.39, 0.29) is 28.9 Å². The van der Waals surface area contributed by atoms with Gasteiger partial charge in [-0.1, -0.05) is 138 Å². The lowest BCUT2D eigenvalue weighted by Crippen LogP contribution is -2.67. The van der Waals surface area contributed by atoms with Crippen LogP contribution in [0, 0.1) is 5.41 Å². The largest absolute Gasteiger partial charge is 0.452 e. The summed E-state index contributed by atoms with van der Waals surface area (Å²) in [6, 6.07) is 41.0. The molecule has 3 heterocycles. The number of nitrogens with one attached hydrogen (secondary N) is 1. The lowest BCUT2D eigenvalue weighted by molar-refractivity contribution is -0.383. The van der Waals surface area contributed by atoms with Gasteiger partial charge in [-0.05, 0) is 55.5 Å². The molecule has 0 aromatic heterocycles. The fourth-order valence-corrected chi connectivity index (χ4v) is 7.74. The Balaban J connectivity index is 1.23. The summed E-state index contributed by atoms with van der Waals surface area (Å²) in [6.07, 6.45) is -15.9. The second kappa shape index (κ2) is 21.4. The lowest BCUT2D eigenvalue weighted by Gasteiger charge is -2.50. The molecule has 3 saturated heterocycles. The molecule has 5 aromatic rings. The zero-order chi connectivity index (χ0) is 47.1. The van der Waals surface area contributed by atoms with E-state index in [9.17, 15) is 19.2 Å². The Morgan fingerprint density at radius 3 is 1.36 bits per heavy atom. The van der Waals surface area contributed by atoms with Crippen molar-refractivity contribution < 1.29 is 66.5 Å². The van der Waals surface area contributed by atoms with E-state index in [4.69, 9.17) is 87.6 Å². The van der Waals surface area contributed by atoms with Gasteiger partial charge < -0.3 is 47.4 Å². The normalized spacial score (nSPS) is 27.0. The molecule has 8 rings (SSSR count). The molecule has 1 unspecified atom stereocenters. The average molecular weight is 975 g/mol. The van der Waals surface area contributed by atoms with E-state index in [0.29, 0.717) is 5.56 Å². The first kappa shape index (κ1) is 47.6. The van der Waals surface area contributed by atoms with Crippen molar-refractivity contribution in [3.05, 3.63) is 179 Å². The van der Waals surface area contributed by atoms with Crippen LogP contribution in [0.15, 0.2) is 152 Å². The molecule has 3 aliphatic rings. The van der Waals surface area contributed by atoms with E-state index in [0.717, 1.165) is 0 Å². The van der Waals surface area contributed by atoms with E-state index in [2.05, 4.69) is 0 Å². The fraction of sp³-hybridized carbons (Fsp3) is 0.286. The molecule has 0 saturated carbocycles. The van der Waals surface area contributed by atoms with Gasteiger partial charge in [-0.25, -0.2) is 19.2 Å². The van der Waals surface area contributed by atoms with Crippen LogP contribution in [0.2, 0.25) is 0 Å². The SMILES string of the molecule is C[C@@H]1O[C@@H](O[C@@H]2[C@@H](OC(=O)c3ccccc3)[C@@H](OC(=N)C(Cl)(Cl)Cl)O[C@@H]3COC(c4ccccc4)O[C@@H]23)[C@H](OC(=O)c2ccccc2)[C@H](OC(=O)c2ccccc2)[C@H]1OC(=O)c1ccccc1. The summed E-state index contributed by atoms with van der Waals surface area (Å²) < 4.78 is 60.5. The predicted molar refractivity (Wildman–Crippen MR) is 240 cm³/mol. The molecule has 1 N–H and O–H groups in total. The molecule has 0 spiro atoms. The van der Waals surface area contributed by atoms with Crippen LogP contribution in [0.5, 0.6) is 0 Å². The number of carbonyl (C=O) groups is 4. The van der Waals surface area contributed by atoms with Crippen molar-refractivity contribution in [2.75, 3.05) is 6.61 Å². The van der Waals surface area contributed by atoms with Gasteiger partial charge in [-0.15, -0.1) is 0 Å². The Morgan fingerprint density at radius 2 is 0.910 bits per heavy atom. The third-order valence-corrected chi connectivity index (χ3v) is 11.4. The molecule has 3 aliphatic heterocycles. The average Bonchev–Trinajstić information content (AvgIpc) is 3.35. The third kappa shape index (κ3) is 11.5. The van der Waals surface area contributed by atoms with Crippen LogP contribution in [0.1, 0.15) is 60.2 Å². The Morgan fingerprint density at radius 1 is 0.507 bits per heavy atom. The minimum absolute atomic E-state index is 0.101. The molecule has 0 bridgehead atoms. The molecule has 0 amide bonds. The first-order valence-corrected chi connectivity index (χ1v) is 22.1. The number of ether oxygens (including phenoxy) is 10. The standard InChI is InChI=1S/C49H42Cl3NO14/c1-28-35(61-41(54)29-17-7-2-8-18-29)37(62-42(55)30-19-9-3-10-20-30)39(63-43(56)31-21-11-4-12-22-31)46(59-28)66-38-36-34(27-58-45(65-36)33-25-15-6-16-26-33)60-47(67-48(53)49(50,51)52)40(38)64-44(57)32-23-13-5-14-24-32/h2-26,28,34-40,45-47,53H,27H2,1H3/t28-,34+,35-,36+,37+,38-,39+,40+,45?,46-,47+/m0/s1. The summed E-state index contributed by atoms with van der Waals surface area (Å²) >= 11 is 18.3. The Kier molecular flexibility index (Phi) is 15.2. The van der Waals surface area contributed by atoms with Crippen molar-refractivity contribution in [1.82, 2.24) is 0 Å². The predicted octanol–water partition coefficient (Wildman–Crippen LogP) is 8.22. The minimum Gasteiger partial charge on any atom is -0.452 e. The number of esters is 4. The van der Waals surface area contributed by atoms with Gasteiger partial charge in [-0.3, -0.25) is 5.41 Å². The van der Waals surface area contributed by atoms with Gasteiger partial charge >= 0.3 is 23.9 Å². The Bertz CT molecular complexity index is 2490. The molecule has 11 atom stereocenters. The van der Waals surface area contributed by atoms with Gasteiger partial charge in [-0.2, -0.15) is 0 Å². The van der Waals surface area contributed by atoms with E-state index in [1.54, 1.807) is 104 Å². The van der Waals surface area contributed by atoms with Crippen molar-refractivity contribution in [3.63, 3.8) is 0 Å². The van der Waals surface area contributed by atoms with Crippen LogP contribution in [-0.2, 0) is 47.4 Å². The second-order valence-electron chi connectivity index (χ2n) is 15.4. The Labute approximate surface area is 399 Å². The number of halogens is 3. The van der Waals surface area contributed by atoms with E-state index < -0.39 is 101 Å². The molecule has 3 fully saturated rings. The smallest absolute Gasteiger partial charge is 0.338 e. The fourth-order valence-electron chi connectivity index (χ4n) is 7.61. The summed E-state index contributed by atoms with van der Waals surface area (Å²) in [4.78, 5) is 56.0. The molecular formula is C49H42Cl3NO14. The minimum atomic E-state index is -2.40. The van der Waals surface area contributed by atoms with Crippen LogP contribution in [-0.4, -0.2) is 102 Å². The lowest BCUT2D eigenvalue weighted by atomic mass is 9.95. The quantitative estimate of drug-likeness (QED) is 0.0415. The van der Waals surface area contributed by atoms with Crippen molar-refractivity contribution in [2.45, 2.75) is 78.4 Å². The van der Waals surface area contributed by atoms with Crippen LogP contribution in [0.4, 0.5) is 0 Å². The summed E-state index contributed by atoms with van der Waals surface area (Å²) in [7, 11) is 0. The molecule has 5 aromatic carbocycles.